The van der Waals surface area contributed by atoms with E-state index in [1.54, 1.807) is 0 Å². The van der Waals surface area contributed by atoms with Crippen molar-refractivity contribution in [1.82, 2.24) is 0 Å². The number of Topliss-reactive ketones (excluding diaryl/α,β-unsaturated/α-hetero) is 1. The zero-order chi connectivity index (χ0) is 13.5. The predicted octanol–water partition coefficient (Wildman–Crippen LogP) is 3.40. The van der Waals surface area contributed by atoms with Crippen LogP contribution in [0.4, 0.5) is 4.39 Å². The van der Waals surface area contributed by atoms with Crippen LogP contribution in [0.1, 0.15) is 36.5 Å². The first kappa shape index (κ1) is 14.6. The van der Waals surface area contributed by atoms with Crippen molar-refractivity contribution in [2.75, 3.05) is 6.61 Å². The second-order valence-corrected chi connectivity index (χ2v) is 4.18. The summed E-state index contributed by atoms with van der Waals surface area (Å²) < 4.78 is 18.0. The molecule has 0 unspecified atom stereocenters. The summed E-state index contributed by atoms with van der Waals surface area (Å²) in [6, 6.07) is 3.83. The highest BCUT2D eigenvalue weighted by atomic mass is 35.5. The van der Waals surface area contributed by atoms with Crippen LogP contribution in [0.3, 0.4) is 0 Å². The van der Waals surface area contributed by atoms with E-state index < -0.39 is 11.8 Å². The lowest BCUT2D eigenvalue weighted by atomic mass is 10.1. The van der Waals surface area contributed by atoms with Crippen molar-refractivity contribution in [3.63, 3.8) is 0 Å². The highest BCUT2D eigenvalue weighted by Gasteiger charge is 2.11. The number of esters is 1. The SMILES string of the molecule is CCCOC(=O)CCC(=O)c1ccc(Cl)c(F)c1. The lowest BCUT2D eigenvalue weighted by Gasteiger charge is -2.03. The average Bonchev–Trinajstić information content (AvgIpc) is 2.36. The van der Waals surface area contributed by atoms with Crippen LogP contribution < -0.4 is 0 Å². The molecule has 0 spiro atoms. The Morgan fingerprint density at radius 3 is 2.67 bits per heavy atom. The minimum Gasteiger partial charge on any atom is -0.466 e. The van der Waals surface area contributed by atoms with Crippen LogP contribution >= 0.6 is 11.6 Å². The molecule has 3 nitrogen and oxygen atoms in total. The average molecular weight is 273 g/mol. The molecule has 98 valence electrons. The largest absolute Gasteiger partial charge is 0.466 e. The van der Waals surface area contributed by atoms with Gasteiger partial charge in [-0.25, -0.2) is 4.39 Å². The first-order chi connectivity index (χ1) is 8.54. The fourth-order valence-electron chi connectivity index (χ4n) is 1.32. The second-order valence-electron chi connectivity index (χ2n) is 3.77. The quantitative estimate of drug-likeness (QED) is 0.589. The van der Waals surface area contributed by atoms with Gasteiger partial charge in [-0.2, -0.15) is 0 Å². The molecule has 0 aliphatic carbocycles. The molecular weight excluding hydrogens is 259 g/mol. The minimum atomic E-state index is -0.643. The van der Waals surface area contributed by atoms with E-state index in [-0.39, 0.29) is 29.2 Å². The van der Waals surface area contributed by atoms with Gasteiger partial charge in [-0.05, 0) is 24.6 Å². The van der Waals surface area contributed by atoms with Gasteiger partial charge in [-0.1, -0.05) is 18.5 Å². The molecule has 1 aromatic carbocycles. The molecule has 1 rings (SSSR count). The van der Waals surface area contributed by atoms with Crippen LogP contribution in [-0.2, 0) is 9.53 Å². The maximum absolute atomic E-state index is 13.1. The zero-order valence-corrected chi connectivity index (χ0v) is 10.8. The Morgan fingerprint density at radius 1 is 1.33 bits per heavy atom. The van der Waals surface area contributed by atoms with Crippen molar-refractivity contribution >= 4 is 23.4 Å². The Hall–Kier alpha value is -1.42. The minimum absolute atomic E-state index is 0.00305. The number of rotatable bonds is 6. The van der Waals surface area contributed by atoms with Gasteiger partial charge in [0, 0.05) is 12.0 Å². The molecule has 0 N–H and O–H groups in total. The molecule has 18 heavy (non-hydrogen) atoms. The molecule has 0 saturated heterocycles. The van der Waals surface area contributed by atoms with Crippen molar-refractivity contribution < 1.29 is 18.7 Å². The Labute approximate surface area is 110 Å². The topological polar surface area (TPSA) is 43.4 Å². The van der Waals surface area contributed by atoms with Crippen molar-refractivity contribution in [1.29, 1.82) is 0 Å². The molecule has 0 amide bonds. The number of hydrogen-bond donors (Lipinski definition) is 0. The molecule has 1 aromatic rings. The van der Waals surface area contributed by atoms with E-state index in [1.165, 1.54) is 12.1 Å². The van der Waals surface area contributed by atoms with E-state index in [4.69, 9.17) is 16.3 Å². The summed E-state index contributed by atoms with van der Waals surface area (Å²) in [6.07, 6.45) is 0.745. The maximum Gasteiger partial charge on any atom is 0.306 e. The number of carbonyl (C=O) groups excluding carboxylic acids is 2. The Bertz CT molecular complexity index is 446. The number of halogens is 2. The Kier molecular flexibility index (Phi) is 5.78. The van der Waals surface area contributed by atoms with E-state index in [2.05, 4.69) is 0 Å². The van der Waals surface area contributed by atoms with Gasteiger partial charge in [0.15, 0.2) is 5.78 Å². The summed E-state index contributed by atoms with van der Waals surface area (Å²) in [7, 11) is 0. The first-order valence-electron chi connectivity index (χ1n) is 5.68. The van der Waals surface area contributed by atoms with Crippen molar-refractivity contribution in [2.24, 2.45) is 0 Å². The van der Waals surface area contributed by atoms with E-state index >= 15 is 0 Å². The third-order valence-electron chi connectivity index (χ3n) is 2.26. The van der Waals surface area contributed by atoms with Crippen LogP contribution in [-0.4, -0.2) is 18.4 Å². The van der Waals surface area contributed by atoms with Crippen LogP contribution in [0.2, 0.25) is 5.02 Å². The third kappa shape index (κ3) is 4.45. The van der Waals surface area contributed by atoms with E-state index in [9.17, 15) is 14.0 Å². The van der Waals surface area contributed by atoms with Gasteiger partial charge in [0.2, 0.25) is 0 Å². The fourth-order valence-corrected chi connectivity index (χ4v) is 1.44. The molecular formula is C13H14ClFO3. The fraction of sp³-hybridized carbons (Fsp3) is 0.385. The summed E-state index contributed by atoms with van der Waals surface area (Å²) in [5.74, 6) is -1.37. The molecule has 0 heterocycles. The van der Waals surface area contributed by atoms with Gasteiger partial charge < -0.3 is 4.74 Å². The lowest BCUT2D eigenvalue weighted by Crippen LogP contribution is -2.08. The van der Waals surface area contributed by atoms with E-state index in [1.807, 2.05) is 6.92 Å². The van der Waals surface area contributed by atoms with Gasteiger partial charge in [0.25, 0.3) is 0 Å². The van der Waals surface area contributed by atoms with Gasteiger partial charge in [-0.3, -0.25) is 9.59 Å². The summed E-state index contributed by atoms with van der Waals surface area (Å²) in [5, 5.41) is -0.0334. The second kappa shape index (κ2) is 7.11. The molecule has 0 saturated carbocycles. The molecule has 0 atom stereocenters. The van der Waals surface area contributed by atoms with Gasteiger partial charge in [0.05, 0.1) is 18.1 Å². The van der Waals surface area contributed by atoms with Crippen molar-refractivity contribution in [3.05, 3.63) is 34.6 Å². The molecule has 0 fully saturated rings. The number of carbonyl (C=O) groups is 2. The van der Waals surface area contributed by atoms with Crippen LogP contribution in [0.5, 0.6) is 0 Å². The van der Waals surface area contributed by atoms with Crippen molar-refractivity contribution in [2.45, 2.75) is 26.2 Å². The standard InChI is InChI=1S/C13H14ClFO3/c1-2-7-18-13(17)6-5-12(16)9-3-4-10(14)11(15)8-9/h3-4,8H,2,5-7H2,1H3. The monoisotopic (exact) mass is 272 g/mol. The lowest BCUT2D eigenvalue weighted by molar-refractivity contribution is -0.143. The maximum atomic E-state index is 13.1. The Balaban J connectivity index is 2.50. The van der Waals surface area contributed by atoms with E-state index in [0.29, 0.717) is 6.61 Å². The van der Waals surface area contributed by atoms with Crippen LogP contribution in [0.25, 0.3) is 0 Å². The van der Waals surface area contributed by atoms with E-state index in [0.717, 1.165) is 12.5 Å². The predicted molar refractivity (Wildman–Crippen MR) is 66.2 cm³/mol. The molecule has 0 bridgehead atoms. The highest BCUT2D eigenvalue weighted by Crippen LogP contribution is 2.17. The molecule has 5 heteroatoms. The summed E-state index contributed by atoms with van der Waals surface area (Å²) >= 11 is 5.51. The summed E-state index contributed by atoms with van der Waals surface area (Å²) in [6.45, 7) is 2.23. The van der Waals surface area contributed by atoms with Crippen molar-refractivity contribution in [3.8, 4) is 0 Å². The van der Waals surface area contributed by atoms with Crippen LogP contribution in [0, 0.1) is 5.82 Å². The number of ketones is 1. The molecule has 0 aliphatic heterocycles. The summed E-state index contributed by atoms with van der Waals surface area (Å²) in [4.78, 5) is 22.9. The molecule has 0 radical (unpaired) electrons. The third-order valence-corrected chi connectivity index (χ3v) is 2.57. The first-order valence-corrected chi connectivity index (χ1v) is 6.06. The number of hydrogen-bond acceptors (Lipinski definition) is 3. The Morgan fingerprint density at radius 2 is 2.06 bits per heavy atom. The van der Waals surface area contributed by atoms with Crippen LogP contribution in [0.15, 0.2) is 18.2 Å². The number of benzene rings is 1. The molecule has 0 aromatic heterocycles. The zero-order valence-electron chi connectivity index (χ0n) is 10.0. The normalized spacial score (nSPS) is 10.2. The molecule has 0 aliphatic rings. The van der Waals surface area contributed by atoms with Gasteiger partial charge in [0.1, 0.15) is 5.82 Å². The van der Waals surface area contributed by atoms with Gasteiger partial charge >= 0.3 is 5.97 Å². The summed E-state index contributed by atoms with van der Waals surface area (Å²) in [5.41, 5.74) is 0.209. The van der Waals surface area contributed by atoms with Gasteiger partial charge in [-0.15, -0.1) is 0 Å². The number of ether oxygens (including phenoxy) is 1. The smallest absolute Gasteiger partial charge is 0.306 e. The highest BCUT2D eigenvalue weighted by molar-refractivity contribution is 6.30.